The molecule has 0 aliphatic heterocycles. The van der Waals surface area contributed by atoms with E-state index in [1.807, 2.05) is 12.2 Å². The third-order valence-electron chi connectivity index (χ3n) is 10.8. The first kappa shape index (κ1) is 46.7. The molecule has 0 nitrogen and oxygen atoms in total. The van der Waals surface area contributed by atoms with Crippen LogP contribution in [-0.4, -0.2) is 3.21 Å². The van der Waals surface area contributed by atoms with Crippen LogP contribution in [0.15, 0.2) is 170 Å². The van der Waals surface area contributed by atoms with Crippen LogP contribution in [0.2, 0.25) is 0 Å². The Morgan fingerprint density at radius 3 is 1.34 bits per heavy atom. The summed E-state index contributed by atoms with van der Waals surface area (Å²) in [5, 5.41) is 5.36. The summed E-state index contributed by atoms with van der Waals surface area (Å²) in [6, 6.07) is 55.3. The van der Waals surface area contributed by atoms with E-state index in [1.165, 1.54) is 90.3 Å². The minimum absolute atomic E-state index is 0. The van der Waals surface area contributed by atoms with Crippen molar-refractivity contribution in [2.24, 2.45) is 0 Å². The number of fused-ring (bicyclic) bond motifs is 3. The second kappa shape index (κ2) is 20.3. The van der Waals surface area contributed by atoms with Crippen molar-refractivity contribution in [3.63, 3.8) is 0 Å². The summed E-state index contributed by atoms with van der Waals surface area (Å²) in [5.41, 5.74) is 11.1. The molecule has 0 amide bonds. The van der Waals surface area contributed by atoms with Gasteiger partial charge in [-0.2, -0.15) is 6.08 Å². The van der Waals surface area contributed by atoms with E-state index in [-0.39, 0.29) is 41.1 Å². The molecule has 0 aromatic heterocycles. The fourth-order valence-corrected chi connectivity index (χ4v) is 8.31. The molecule has 0 fully saturated rings. The van der Waals surface area contributed by atoms with Gasteiger partial charge in [-0.3, -0.25) is 6.08 Å². The molecule has 296 valence electrons. The summed E-state index contributed by atoms with van der Waals surface area (Å²) < 4.78 is 1.59. The van der Waals surface area contributed by atoms with E-state index >= 15 is 0 Å². The van der Waals surface area contributed by atoms with E-state index in [2.05, 4.69) is 219 Å². The Morgan fingerprint density at radius 1 is 0.569 bits per heavy atom. The maximum absolute atomic E-state index is 2.99. The molecule has 1 aliphatic rings. The first-order chi connectivity index (χ1) is 26.7. The van der Waals surface area contributed by atoms with Crippen LogP contribution >= 0.6 is 0 Å². The van der Waals surface area contributed by atoms with Crippen LogP contribution in [0.25, 0.3) is 43.8 Å². The van der Waals surface area contributed by atoms with Gasteiger partial charge in [-0.1, -0.05) is 114 Å². The van der Waals surface area contributed by atoms with Gasteiger partial charge in [0.05, 0.1) is 0 Å². The Morgan fingerprint density at radius 2 is 0.983 bits per heavy atom. The van der Waals surface area contributed by atoms with Gasteiger partial charge in [-0.05, 0) is 44.2 Å². The Hall–Kier alpha value is -4.00. The molecule has 0 N–H and O–H groups in total. The van der Waals surface area contributed by atoms with Crippen LogP contribution in [0, 0.1) is 6.08 Å². The van der Waals surface area contributed by atoms with Crippen molar-refractivity contribution < 1.29 is 49.0 Å². The van der Waals surface area contributed by atoms with E-state index in [4.69, 9.17) is 0 Å². The van der Waals surface area contributed by atoms with Crippen molar-refractivity contribution in [3.05, 3.63) is 198 Å². The fourth-order valence-electron chi connectivity index (χ4n) is 7.45. The molecule has 0 saturated carbocycles. The molecule has 8 rings (SSSR count). The van der Waals surface area contributed by atoms with Crippen LogP contribution in [0.3, 0.4) is 0 Å². The van der Waals surface area contributed by atoms with E-state index < -0.39 is 0 Å². The van der Waals surface area contributed by atoms with Gasteiger partial charge in [0.25, 0.3) is 0 Å². The van der Waals surface area contributed by atoms with Crippen LogP contribution < -0.4 is 24.8 Å². The molecule has 0 saturated heterocycles. The average molecular weight is 879 g/mol. The van der Waals surface area contributed by atoms with Gasteiger partial charge >= 0.3 is 125 Å². The monoisotopic (exact) mass is 876 g/mol. The molecular formula is C55H56Cl2Zr-2. The Bertz CT molecular complexity index is 2320. The third-order valence-corrected chi connectivity index (χ3v) is 12.8. The zero-order valence-corrected chi connectivity index (χ0v) is 39.3. The topological polar surface area (TPSA) is 0 Å². The number of hydrogen-bond acceptors (Lipinski definition) is 0. The summed E-state index contributed by atoms with van der Waals surface area (Å²) in [5.74, 6) is 0. The summed E-state index contributed by atoms with van der Waals surface area (Å²) in [4.78, 5) is 0. The predicted octanol–water partition coefficient (Wildman–Crippen LogP) is 8.88. The predicted molar refractivity (Wildman–Crippen MR) is 242 cm³/mol. The molecule has 1 aliphatic carbocycles. The summed E-state index contributed by atoms with van der Waals surface area (Å²) in [7, 11) is 0. The van der Waals surface area contributed by atoms with Crippen molar-refractivity contribution in [1.82, 2.24) is 0 Å². The van der Waals surface area contributed by atoms with Crippen molar-refractivity contribution in [2.75, 3.05) is 0 Å². The Balaban J connectivity index is 0.000000250. The van der Waals surface area contributed by atoms with E-state index in [0.717, 1.165) is 12.8 Å². The van der Waals surface area contributed by atoms with Crippen LogP contribution in [-0.2, 0) is 46.9 Å². The molecule has 0 atom stereocenters. The van der Waals surface area contributed by atoms with Crippen molar-refractivity contribution in [2.45, 2.75) is 84.5 Å². The quantitative estimate of drug-likeness (QED) is 0.147. The van der Waals surface area contributed by atoms with Crippen molar-refractivity contribution in [1.29, 1.82) is 0 Å². The maximum Gasteiger partial charge on any atom is -0.109 e. The molecule has 7 aromatic carbocycles. The van der Waals surface area contributed by atoms with Gasteiger partial charge < -0.3 is 24.8 Å². The molecule has 58 heavy (non-hydrogen) atoms. The van der Waals surface area contributed by atoms with E-state index in [1.54, 1.807) is 3.21 Å². The normalized spacial score (nSPS) is 12.2. The maximum atomic E-state index is 2.99. The molecular weight excluding hydrogens is 823 g/mol. The standard InChI is InChI=1S/C33H33.C17H18.C5H5.2ClH.Zr/c1-32(2,3)30-20-26-24(18-28(30)22-13-9-7-10-14-22)17-25-19-29(23-15-11-8-12-16-23)31(21-27(25)26)33(4,5)6;1-17(2,16-11-7-4-8-12-16)14-13-15-9-5-3-6-10-15;1-2-4-5-3-1;;;/h7-21H,1-6H3;3-12H,13H2,1-2H3;1-3H,4H2;2*1H;/q-1;;-1;;;+2/p-2. The summed E-state index contributed by atoms with van der Waals surface area (Å²) in [6.45, 7) is 18.6. The third kappa shape index (κ3) is 11.4. The van der Waals surface area contributed by atoms with Crippen LogP contribution in [0.5, 0.6) is 0 Å². The minimum atomic E-state index is 0. The first-order valence-corrected chi connectivity index (χ1v) is 21.2. The second-order valence-electron chi connectivity index (χ2n) is 17.5. The molecule has 0 heterocycles. The molecule has 0 bridgehead atoms. The zero-order chi connectivity index (χ0) is 39.9. The zero-order valence-electron chi connectivity index (χ0n) is 35.3. The summed E-state index contributed by atoms with van der Waals surface area (Å²) >= 11 is 1.53. The minimum Gasteiger partial charge on any atom is -1.00 e. The summed E-state index contributed by atoms with van der Waals surface area (Å²) in [6.07, 6.45) is 11.1. The number of rotatable bonds is 6. The number of allylic oxidation sites excluding steroid dienone is 4. The van der Waals surface area contributed by atoms with Crippen LogP contribution in [0.1, 0.15) is 84.1 Å². The largest absolute Gasteiger partial charge is 1.00 e. The first-order valence-electron chi connectivity index (χ1n) is 20.0. The molecule has 0 unspecified atom stereocenters. The van der Waals surface area contributed by atoms with Gasteiger partial charge in [0, 0.05) is 0 Å². The Kier molecular flexibility index (Phi) is 16.4. The van der Waals surface area contributed by atoms with Crippen molar-refractivity contribution in [3.8, 4) is 22.3 Å². The van der Waals surface area contributed by atoms with Crippen molar-refractivity contribution >= 4 is 24.8 Å². The molecule has 7 aromatic rings. The molecule has 3 heteroatoms. The fraction of sp³-hybridized carbons (Fsp3) is 0.236. The number of halogens is 2. The van der Waals surface area contributed by atoms with Gasteiger partial charge in [0.15, 0.2) is 0 Å². The van der Waals surface area contributed by atoms with Crippen LogP contribution in [0.4, 0.5) is 0 Å². The SMILES string of the molecule is CC(C)(C)c1cc2c(cc1-c1ccccc1)[cH-]c1cc(-c3ccccc3)c(C(C)(C)C)cc12.CC(C)([C](=[Zr+2])Cc1ccccc1)c1ccccc1.[C-]1=CC=CC1.[Cl-].[Cl-]. The number of benzene rings is 6. The molecule has 0 radical (unpaired) electrons. The van der Waals surface area contributed by atoms with E-state index in [9.17, 15) is 0 Å². The second-order valence-corrected chi connectivity index (χ2v) is 19.0. The molecule has 0 spiro atoms. The van der Waals surface area contributed by atoms with E-state index in [0.29, 0.717) is 0 Å². The van der Waals surface area contributed by atoms with Gasteiger partial charge in [-0.25, -0.2) is 12.2 Å². The van der Waals surface area contributed by atoms with Gasteiger partial charge in [0.2, 0.25) is 0 Å². The number of hydrogen-bond donors (Lipinski definition) is 0. The van der Waals surface area contributed by atoms with Gasteiger partial charge in [0.1, 0.15) is 0 Å². The smallest absolute Gasteiger partial charge is 0.109 e. The average Bonchev–Trinajstić information content (AvgIpc) is 3.90. The Labute approximate surface area is 376 Å². The van der Waals surface area contributed by atoms with Gasteiger partial charge in [-0.15, -0.1) is 46.2 Å².